The van der Waals surface area contributed by atoms with Gasteiger partial charge in [0.25, 0.3) is 0 Å². The molecule has 0 bridgehead atoms. The van der Waals surface area contributed by atoms with Crippen molar-refractivity contribution in [1.82, 2.24) is 10.1 Å². The van der Waals surface area contributed by atoms with E-state index in [0.29, 0.717) is 5.76 Å². The first-order valence-electron chi connectivity index (χ1n) is 4.14. The van der Waals surface area contributed by atoms with Crippen LogP contribution in [0.1, 0.15) is 16.2 Å². The van der Waals surface area contributed by atoms with E-state index in [4.69, 9.17) is 15.4 Å². The van der Waals surface area contributed by atoms with Crippen molar-refractivity contribution in [2.75, 3.05) is 13.6 Å². The average Bonchev–Trinajstić information content (AvgIpc) is 2.50. The van der Waals surface area contributed by atoms with Crippen LogP contribution in [0, 0.1) is 0 Å². The minimum atomic E-state index is -1.15. The van der Waals surface area contributed by atoms with Crippen LogP contribution in [0.25, 0.3) is 0 Å². The molecule has 15 heavy (non-hydrogen) atoms. The Morgan fingerprint density at radius 3 is 2.80 bits per heavy atom. The van der Waals surface area contributed by atoms with E-state index in [1.54, 1.807) is 11.9 Å². The molecule has 1 rings (SSSR count). The summed E-state index contributed by atoms with van der Waals surface area (Å²) in [6.07, 6.45) is 0. The van der Waals surface area contributed by atoms with Gasteiger partial charge in [0.05, 0.1) is 13.1 Å². The molecule has 7 heteroatoms. The number of primary amides is 1. The molecule has 1 aromatic rings. The van der Waals surface area contributed by atoms with Gasteiger partial charge in [-0.15, -0.1) is 0 Å². The lowest BCUT2D eigenvalue weighted by molar-refractivity contribution is -0.119. The van der Waals surface area contributed by atoms with Gasteiger partial charge in [0.1, 0.15) is 0 Å². The quantitative estimate of drug-likeness (QED) is 0.668. The second-order valence-electron chi connectivity index (χ2n) is 3.12. The molecule has 0 saturated heterocycles. The van der Waals surface area contributed by atoms with Gasteiger partial charge in [0.2, 0.25) is 5.91 Å². The highest BCUT2D eigenvalue weighted by molar-refractivity contribution is 5.85. The van der Waals surface area contributed by atoms with Gasteiger partial charge in [-0.05, 0) is 7.05 Å². The first-order chi connectivity index (χ1) is 6.99. The maximum absolute atomic E-state index is 10.6. The van der Waals surface area contributed by atoms with Crippen molar-refractivity contribution in [3.05, 3.63) is 17.5 Å². The summed E-state index contributed by atoms with van der Waals surface area (Å²) in [6.45, 7) is 0.353. The van der Waals surface area contributed by atoms with E-state index in [2.05, 4.69) is 5.16 Å². The van der Waals surface area contributed by atoms with Gasteiger partial charge in [0.15, 0.2) is 11.5 Å². The Labute approximate surface area is 85.4 Å². The summed E-state index contributed by atoms with van der Waals surface area (Å²) in [7, 11) is 1.66. The monoisotopic (exact) mass is 213 g/mol. The number of nitrogens with two attached hydrogens (primary N) is 1. The highest BCUT2D eigenvalue weighted by Gasteiger charge is 2.12. The summed E-state index contributed by atoms with van der Waals surface area (Å²) >= 11 is 0. The van der Waals surface area contributed by atoms with Crippen LogP contribution in [0.2, 0.25) is 0 Å². The first-order valence-corrected chi connectivity index (χ1v) is 4.14. The van der Waals surface area contributed by atoms with Crippen LogP contribution >= 0.6 is 0 Å². The topological polar surface area (TPSA) is 110 Å². The van der Waals surface area contributed by atoms with E-state index in [0.717, 1.165) is 0 Å². The summed E-state index contributed by atoms with van der Waals surface area (Å²) < 4.78 is 4.75. The number of amides is 1. The van der Waals surface area contributed by atoms with Crippen LogP contribution in [0.15, 0.2) is 10.6 Å². The lowest BCUT2D eigenvalue weighted by Gasteiger charge is -2.10. The molecule has 82 valence electrons. The zero-order valence-electron chi connectivity index (χ0n) is 8.14. The van der Waals surface area contributed by atoms with E-state index >= 15 is 0 Å². The second kappa shape index (κ2) is 4.56. The SMILES string of the molecule is CN(CC(N)=O)Cc1cc(C(=O)O)no1. The summed E-state index contributed by atoms with van der Waals surface area (Å²) in [5, 5.41) is 11.9. The van der Waals surface area contributed by atoms with Crippen molar-refractivity contribution >= 4 is 11.9 Å². The highest BCUT2D eigenvalue weighted by atomic mass is 16.5. The third-order valence-corrected chi connectivity index (χ3v) is 1.63. The summed E-state index contributed by atoms with van der Waals surface area (Å²) in [4.78, 5) is 22.6. The van der Waals surface area contributed by atoms with Crippen LogP contribution in [-0.4, -0.2) is 40.6 Å². The average molecular weight is 213 g/mol. The highest BCUT2D eigenvalue weighted by Crippen LogP contribution is 2.05. The van der Waals surface area contributed by atoms with E-state index in [1.165, 1.54) is 6.07 Å². The molecule has 0 aliphatic carbocycles. The number of nitrogens with zero attached hydrogens (tertiary/aromatic N) is 2. The molecule has 3 N–H and O–H groups in total. The summed E-state index contributed by atoms with van der Waals surface area (Å²) in [6, 6.07) is 1.31. The Kier molecular flexibility index (Phi) is 3.40. The van der Waals surface area contributed by atoms with Gasteiger partial charge in [0, 0.05) is 6.07 Å². The van der Waals surface area contributed by atoms with Gasteiger partial charge in [-0.1, -0.05) is 5.16 Å². The van der Waals surface area contributed by atoms with Crippen molar-refractivity contribution < 1.29 is 19.2 Å². The molecule has 7 nitrogen and oxygen atoms in total. The predicted octanol–water partition coefficient (Wildman–Crippen LogP) is -0.710. The zero-order valence-corrected chi connectivity index (χ0v) is 8.14. The number of rotatable bonds is 5. The maximum atomic E-state index is 10.6. The van der Waals surface area contributed by atoms with Crippen LogP contribution in [0.3, 0.4) is 0 Å². The van der Waals surface area contributed by atoms with E-state index in [9.17, 15) is 9.59 Å². The molecule has 0 aromatic carbocycles. The van der Waals surface area contributed by atoms with Gasteiger partial charge in [-0.25, -0.2) is 4.79 Å². The molecule has 0 fully saturated rings. The Bertz CT molecular complexity index is 374. The molecule has 0 spiro atoms. The number of hydrogen-bond acceptors (Lipinski definition) is 5. The Balaban J connectivity index is 2.57. The molecule has 1 aromatic heterocycles. The van der Waals surface area contributed by atoms with E-state index in [-0.39, 0.29) is 18.8 Å². The molecular weight excluding hydrogens is 202 g/mol. The maximum Gasteiger partial charge on any atom is 0.358 e. The minimum absolute atomic E-state index is 0.0725. The number of aromatic nitrogens is 1. The Morgan fingerprint density at radius 2 is 2.33 bits per heavy atom. The van der Waals surface area contributed by atoms with Crippen molar-refractivity contribution in [1.29, 1.82) is 0 Å². The normalized spacial score (nSPS) is 10.5. The molecule has 0 saturated carbocycles. The standard InChI is InChI=1S/C8H11N3O4/c1-11(4-7(9)12)3-5-2-6(8(13)14)10-15-5/h2H,3-4H2,1H3,(H2,9,12)(H,13,14). The van der Waals surface area contributed by atoms with Gasteiger partial charge < -0.3 is 15.4 Å². The van der Waals surface area contributed by atoms with Gasteiger partial charge in [-0.3, -0.25) is 9.69 Å². The molecule has 0 unspecified atom stereocenters. The molecule has 1 amide bonds. The van der Waals surface area contributed by atoms with Crippen molar-refractivity contribution in [3.63, 3.8) is 0 Å². The van der Waals surface area contributed by atoms with Crippen molar-refractivity contribution in [2.45, 2.75) is 6.54 Å². The predicted molar refractivity (Wildman–Crippen MR) is 49.0 cm³/mol. The number of carboxylic acids is 1. The zero-order chi connectivity index (χ0) is 11.4. The van der Waals surface area contributed by atoms with E-state index in [1.807, 2.05) is 0 Å². The smallest absolute Gasteiger partial charge is 0.358 e. The number of hydrogen-bond donors (Lipinski definition) is 2. The largest absolute Gasteiger partial charge is 0.476 e. The van der Waals surface area contributed by atoms with Gasteiger partial charge >= 0.3 is 5.97 Å². The fourth-order valence-corrected chi connectivity index (χ4v) is 1.08. The van der Waals surface area contributed by atoms with Gasteiger partial charge in [-0.2, -0.15) is 0 Å². The van der Waals surface area contributed by atoms with Crippen molar-refractivity contribution in [3.8, 4) is 0 Å². The number of carboxylic acid groups (broad SMARTS) is 1. The van der Waals surface area contributed by atoms with E-state index < -0.39 is 11.9 Å². The number of likely N-dealkylation sites (N-methyl/N-ethyl adjacent to an activating group) is 1. The van der Waals surface area contributed by atoms with Crippen LogP contribution in [0.5, 0.6) is 0 Å². The molecule has 1 heterocycles. The molecule has 0 atom stereocenters. The second-order valence-corrected chi connectivity index (χ2v) is 3.12. The fraction of sp³-hybridized carbons (Fsp3) is 0.375. The Hall–Kier alpha value is -1.89. The summed E-state index contributed by atoms with van der Waals surface area (Å²) in [5.74, 6) is -1.24. The Morgan fingerprint density at radius 1 is 1.67 bits per heavy atom. The lowest BCUT2D eigenvalue weighted by atomic mass is 10.3. The third-order valence-electron chi connectivity index (χ3n) is 1.63. The summed E-state index contributed by atoms with van der Waals surface area (Å²) in [5.41, 5.74) is 4.82. The molecule has 0 aliphatic rings. The number of carbonyl (C=O) groups excluding carboxylic acids is 1. The van der Waals surface area contributed by atoms with Crippen molar-refractivity contribution in [2.24, 2.45) is 5.73 Å². The lowest BCUT2D eigenvalue weighted by Crippen LogP contribution is -2.30. The minimum Gasteiger partial charge on any atom is -0.476 e. The van der Waals surface area contributed by atoms with Crippen LogP contribution < -0.4 is 5.73 Å². The first kappa shape index (κ1) is 11.2. The number of aromatic carboxylic acids is 1. The third kappa shape index (κ3) is 3.39. The fourth-order valence-electron chi connectivity index (χ4n) is 1.08. The molecule has 0 radical (unpaired) electrons. The molecular formula is C8H11N3O4. The number of carbonyl (C=O) groups is 2. The van der Waals surface area contributed by atoms with Crippen LogP contribution in [-0.2, 0) is 11.3 Å². The molecule has 0 aliphatic heterocycles. The van der Waals surface area contributed by atoms with Crippen LogP contribution in [0.4, 0.5) is 0 Å².